The molecule has 34 heavy (non-hydrogen) atoms. The average Bonchev–Trinajstić information content (AvgIpc) is 2.89. The highest BCUT2D eigenvalue weighted by Crippen LogP contribution is 2.74. The molecule has 9 atom stereocenters. The molecule has 0 aromatic carbocycles. The Bertz CT molecular complexity index is 850. The quantitative estimate of drug-likeness (QED) is 0.458. The van der Waals surface area contributed by atoms with Crippen LogP contribution in [-0.4, -0.2) is 38.4 Å². The Kier molecular flexibility index (Phi) is 6.12. The number of carbonyl (C=O) groups excluding carboxylic acids is 1. The standard InChI is InChI=1S/C30H50O4/c1-25(2,33)14-9-15-30(8,34)24-21(31)18-29(7)20-10-11-22-26(3,4)23(32)13-16-27(22,5)19(20)12-17-28(24,29)6/h9,14,19-22,24,31,33-34H,10-13,15-18H2,1-8H3/b14-9+/t19-,20+,21+,22-,24-,27+,28+,29-,30+/m0/s1. The third-order valence-electron chi connectivity index (χ3n) is 11.9. The zero-order chi connectivity index (χ0) is 25.5. The van der Waals surface area contributed by atoms with E-state index in [4.69, 9.17) is 0 Å². The number of hydrogen-bond donors (Lipinski definition) is 3. The van der Waals surface area contributed by atoms with Crippen molar-refractivity contribution in [3.63, 3.8) is 0 Å². The summed E-state index contributed by atoms with van der Waals surface area (Å²) in [7, 11) is 0. The van der Waals surface area contributed by atoms with Gasteiger partial charge >= 0.3 is 0 Å². The van der Waals surface area contributed by atoms with Crippen molar-refractivity contribution in [1.29, 1.82) is 0 Å². The van der Waals surface area contributed by atoms with Crippen molar-refractivity contribution in [2.24, 2.45) is 45.3 Å². The maximum Gasteiger partial charge on any atom is 0.138 e. The van der Waals surface area contributed by atoms with Crippen LogP contribution in [0.4, 0.5) is 0 Å². The molecule has 0 bridgehead atoms. The lowest BCUT2D eigenvalue weighted by atomic mass is 9.38. The average molecular weight is 475 g/mol. The van der Waals surface area contributed by atoms with Crippen molar-refractivity contribution in [1.82, 2.24) is 0 Å². The van der Waals surface area contributed by atoms with Gasteiger partial charge in [-0.05, 0) is 99.7 Å². The molecule has 4 saturated carbocycles. The summed E-state index contributed by atoms with van der Waals surface area (Å²) in [5.74, 6) is 1.76. The highest BCUT2D eigenvalue weighted by molar-refractivity contribution is 5.85. The summed E-state index contributed by atoms with van der Waals surface area (Å²) < 4.78 is 0. The molecule has 4 nitrogen and oxygen atoms in total. The summed E-state index contributed by atoms with van der Waals surface area (Å²) >= 11 is 0. The number of aliphatic hydroxyl groups is 3. The second-order valence-electron chi connectivity index (χ2n) is 14.7. The molecule has 0 unspecified atom stereocenters. The molecule has 0 spiro atoms. The van der Waals surface area contributed by atoms with Crippen molar-refractivity contribution >= 4 is 5.78 Å². The molecule has 194 valence electrons. The van der Waals surface area contributed by atoms with Gasteiger partial charge in [0.15, 0.2) is 0 Å². The number of hydrogen-bond acceptors (Lipinski definition) is 4. The van der Waals surface area contributed by atoms with E-state index in [1.165, 1.54) is 0 Å². The van der Waals surface area contributed by atoms with Crippen LogP contribution in [0.5, 0.6) is 0 Å². The molecule has 0 saturated heterocycles. The molecule has 4 aliphatic carbocycles. The molecule has 0 aromatic rings. The zero-order valence-corrected chi connectivity index (χ0v) is 22.9. The Morgan fingerprint density at radius 3 is 2.21 bits per heavy atom. The monoisotopic (exact) mass is 474 g/mol. The van der Waals surface area contributed by atoms with Crippen LogP contribution in [0.3, 0.4) is 0 Å². The minimum Gasteiger partial charge on any atom is -0.393 e. The SMILES string of the molecule is CC(C)(O)/C=C/C[C@@](C)(O)[C@H]1[C@H](O)C[C@@]2(C)[C@@H]3CC[C@H]4C(C)(C)C(=O)CC[C@]4(C)[C@H]3CC[C@]12C. The van der Waals surface area contributed by atoms with Crippen molar-refractivity contribution in [3.8, 4) is 0 Å². The van der Waals surface area contributed by atoms with Gasteiger partial charge in [0.1, 0.15) is 5.78 Å². The summed E-state index contributed by atoms with van der Waals surface area (Å²) in [6.45, 7) is 16.9. The fourth-order valence-electron chi connectivity index (χ4n) is 10.2. The van der Waals surface area contributed by atoms with Crippen LogP contribution >= 0.6 is 0 Å². The minimum absolute atomic E-state index is 0.0382. The Hall–Kier alpha value is -0.710. The minimum atomic E-state index is -1.04. The highest BCUT2D eigenvalue weighted by Gasteiger charge is 2.70. The van der Waals surface area contributed by atoms with Crippen molar-refractivity contribution in [2.75, 3.05) is 0 Å². The normalized spacial score (nSPS) is 48.2. The lowest BCUT2D eigenvalue weighted by Crippen LogP contribution is -2.61. The van der Waals surface area contributed by atoms with Gasteiger partial charge in [-0.1, -0.05) is 46.8 Å². The van der Waals surface area contributed by atoms with Crippen LogP contribution in [0.1, 0.15) is 107 Å². The van der Waals surface area contributed by atoms with Gasteiger partial charge in [-0.15, -0.1) is 0 Å². The summed E-state index contributed by atoms with van der Waals surface area (Å²) in [4.78, 5) is 12.8. The van der Waals surface area contributed by atoms with E-state index >= 15 is 0 Å². The molecule has 0 heterocycles. The van der Waals surface area contributed by atoms with Gasteiger partial charge in [-0.25, -0.2) is 0 Å². The fraction of sp³-hybridized carbons (Fsp3) is 0.900. The van der Waals surface area contributed by atoms with Gasteiger partial charge in [0.2, 0.25) is 0 Å². The first-order valence-corrected chi connectivity index (χ1v) is 13.7. The summed E-state index contributed by atoms with van der Waals surface area (Å²) in [6, 6.07) is 0. The number of rotatable bonds is 4. The Morgan fingerprint density at radius 1 is 0.941 bits per heavy atom. The van der Waals surface area contributed by atoms with Crippen molar-refractivity contribution in [3.05, 3.63) is 12.2 Å². The molecule has 0 amide bonds. The zero-order valence-electron chi connectivity index (χ0n) is 22.9. The Balaban J connectivity index is 1.65. The first kappa shape index (κ1) is 26.4. The van der Waals surface area contributed by atoms with E-state index in [0.717, 1.165) is 38.5 Å². The number of fused-ring (bicyclic) bond motifs is 5. The van der Waals surface area contributed by atoms with Crippen LogP contribution in [-0.2, 0) is 4.79 Å². The smallest absolute Gasteiger partial charge is 0.138 e. The Labute approximate surface area is 207 Å². The van der Waals surface area contributed by atoms with Gasteiger partial charge in [0.25, 0.3) is 0 Å². The molecule has 4 rings (SSSR count). The van der Waals surface area contributed by atoms with Crippen molar-refractivity contribution < 1.29 is 20.1 Å². The van der Waals surface area contributed by atoms with Crippen LogP contribution in [0.15, 0.2) is 12.2 Å². The topological polar surface area (TPSA) is 77.8 Å². The van der Waals surface area contributed by atoms with Crippen LogP contribution in [0, 0.1) is 45.3 Å². The molecule has 4 fully saturated rings. The highest BCUT2D eigenvalue weighted by atomic mass is 16.3. The van der Waals surface area contributed by atoms with Gasteiger partial charge in [0, 0.05) is 17.8 Å². The fourth-order valence-corrected chi connectivity index (χ4v) is 10.2. The maximum atomic E-state index is 12.8. The van der Waals surface area contributed by atoms with Gasteiger partial charge in [-0.2, -0.15) is 0 Å². The molecule has 4 aliphatic rings. The Morgan fingerprint density at radius 2 is 1.59 bits per heavy atom. The van der Waals surface area contributed by atoms with E-state index in [1.807, 2.05) is 13.0 Å². The van der Waals surface area contributed by atoms with Crippen LogP contribution < -0.4 is 0 Å². The molecule has 0 radical (unpaired) electrons. The number of Topliss-reactive ketones (excluding diaryl/α,β-unsaturated/α-hetero) is 1. The summed E-state index contributed by atoms with van der Waals surface area (Å²) in [5.41, 5.74) is -2.21. The maximum absolute atomic E-state index is 12.8. The third-order valence-corrected chi connectivity index (χ3v) is 11.9. The number of aliphatic hydroxyl groups excluding tert-OH is 1. The lowest BCUT2D eigenvalue weighted by Gasteiger charge is -2.66. The second kappa shape index (κ2) is 7.89. The van der Waals surface area contributed by atoms with Gasteiger partial charge in [-0.3, -0.25) is 4.79 Å². The molecular formula is C30H50O4. The summed E-state index contributed by atoms with van der Waals surface area (Å²) in [6.07, 6.45) is 10.3. The number of carbonyl (C=O) groups is 1. The predicted octanol–water partition coefficient (Wildman–Crippen LogP) is 5.68. The third kappa shape index (κ3) is 3.68. The molecule has 0 aromatic heterocycles. The lowest BCUT2D eigenvalue weighted by molar-refractivity contribution is -0.192. The van der Waals surface area contributed by atoms with Crippen molar-refractivity contribution in [2.45, 2.75) is 124 Å². The molecule has 3 N–H and O–H groups in total. The first-order valence-electron chi connectivity index (χ1n) is 13.7. The molecular weight excluding hydrogens is 424 g/mol. The van der Waals surface area contributed by atoms with Crippen LogP contribution in [0.25, 0.3) is 0 Å². The van der Waals surface area contributed by atoms with E-state index in [0.29, 0.717) is 36.4 Å². The van der Waals surface area contributed by atoms with Gasteiger partial charge < -0.3 is 15.3 Å². The van der Waals surface area contributed by atoms with Gasteiger partial charge in [0.05, 0.1) is 17.3 Å². The summed E-state index contributed by atoms with van der Waals surface area (Å²) in [5, 5.41) is 33.2. The van der Waals surface area contributed by atoms with E-state index in [9.17, 15) is 20.1 Å². The van der Waals surface area contributed by atoms with E-state index in [1.54, 1.807) is 19.9 Å². The van der Waals surface area contributed by atoms with E-state index in [-0.39, 0.29) is 27.6 Å². The first-order chi connectivity index (χ1) is 15.4. The molecule has 4 heteroatoms. The second-order valence-corrected chi connectivity index (χ2v) is 14.7. The number of ketones is 1. The molecule has 0 aliphatic heterocycles. The largest absolute Gasteiger partial charge is 0.393 e. The van der Waals surface area contributed by atoms with Crippen LogP contribution in [0.2, 0.25) is 0 Å². The predicted molar refractivity (Wildman–Crippen MR) is 136 cm³/mol. The van der Waals surface area contributed by atoms with E-state index < -0.39 is 17.3 Å². The van der Waals surface area contributed by atoms with E-state index in [2.05, 4.69) is 34.6 Å².